The molecule has 10 heteroatoms. The molecule has 0 saturated carbocycles. The van der Waals surface area contributed by atoms with Crippen LogP contribution in [0.3, 0.4) is 0 Å². The SMILES string of the molecule is CCCCCCC/C=C\C/C=C\C/C=C\CCCCCCCCCCCCCCCCC(=O)OC(COC(=O)CCCCCCCCCCCCCCC/C=C\C/C=C\CCCCCCC)COP(=O)([O-])OCC[N+](C)(C)C. The number of phosphoric ester groups is 1. The molecular weight excluding hydrogens is 990 g/mol. The van der Waals surface area contributed by atoms with Crippen LogP contribution in [0.15, 0.2) is 60.8 Å². The third-order valence-electron chi connectivity index (χ3n) is 14.5. The highest BCUT2D eigenvalue weighted by Crippen LogP contribution is 2.38. The zero-order chi connectivity index (χ0) is 57.0. The molecule has 0 fully saturated rings. The molecule has 0 aliphatic rings. The number of quaternary nitrogens is 1. The van der Waals surface area contributed by atoms with Gasteiger partial charge in [0.25, 0.3) is 7.82 Å². The van der Waals surface area contributed by atoms with Crippen molar-refractivity contribution in [2.45, 2.75) is 315 Å². The normalized spacial score (nSPS) is 13.6. The van der Waals surface area contributed by atoms with Crippen LogP contribution in [0.5, 0.6) is 0 Å². The number of carbonyl (C=O) groups excluding carboxylic acids is 2. The molecule has 0 aromatic carbocycles. The van der Waals surface area contributed by atoms with Gasteiger partial charge in [0.15, 0.2) is 6.10 Å². The molecule has 0 aromatic heterocycles. The Bertz CT molecular complexity index is 1500. The first-order valence-electron chi connectivity index (χ1n) is 33.0. The Morgan fingerprint density at radius 2 is 0.692 bits per heavy atom. The van der Waals surface area contributed by atoms with Crippen LogP contribution in [-0.2, 0) is 32.7 Å². The van der Waals surface area contributed by atoms with E-state index in [0.717, 1.165) is 57.8 Å². The molecule has 0 aliphatic heterocycles. The van der Waals surface area contributed by atoms with E-state index in [1.54, 1.807) is 0 Å². The van der Waals surface area contributed by atoms with Gasteiger partial charge in [-0.3, -0.25) is 14.2 Å². The van der Waals surface area contributed by atoms with Crippen LogP contribution in [0, 0.1) is 0 Å². The molecule has 0 heterocycles. The second kappa shape index (κ2) is 59.3. The van der Waals surface area contributed by atoms with Crippen molar-refractivity contribution in [3.05, 3.63) is 60.8 Å². The first-order valence-corrected chi connectivity index (χ1v) is 34.5. The van der Waals surface area contributed by atoms with E-state index in [2.05, 4.69) is 74.6 Å². The first kappa shape index (κ1) is 75.7. The van der Waals surface area contributed by atoms with Crippen LogP contribution < -0.4 is 4.89 Å². The van der Waals surface area contributed by atoms with Crippen LogP contribution in [0.1, 0.15) is 309 Å². The van der Waals surface area contributed by atoms with Crippen LogP contribution in [0.25, 0.3) is 0 Å². The van der Waals surface area contributed by atoms with E-state index in [0.29, 0.717) is 17.4 Å². The molecule has 2 unspecified atom stereocenters. The Morgan fingerprint density at radius 1 is 0.397 bits per heavy atom. The lowest BCUT2D eigenvalue weighted by Gasteiger charge is -2.28. The molecule has 0 aromatic rings. The second-order valence-corrected chi connectivity index (χ2v) is 24.9. The van der Waals surface area contributed by atoms with Gasteiger partial charge in [-0.15, -0.1) is 0 Å². The summed E-state index contributed by atoms with van der Waals surface area (Å²) in [5.74, 6) is -0.824. The average Bonchev–Trinajstić information content (AvgIpc) is 3.41. The molecule has 0 bridgehead atoms. The van der Waals surface area contributed by atoms with E-state index < -0.39 is 26.5 Å². The van der Waals surface area contributed by atoms with Gasteiger partial charge in [0.2, 0.25) is 0 Å². The third kappa shape index (κ3) is 62.9. The number of esters is 2. The summed E-state index contributed by atoms with van der Waals surface area (Å²) in [5, 5.41) is 0. The first-order chi connectivity index (χ1) is 38.0. The Hall–Kier alpha value is -2.29. The predicted octanol–water partition coefficient (Wildman–Crippen LogP) is 20.4. The number of likely N-dealkylation sites (N-methyl/N-ethyl adjacent to an activating group) is 1. The Kier molecular flexibility index (Phi) is 57.6. The summed E-state index contributed by atoms with van der Waals surface area (Å²) in [4.78, 5) is 38.0. The number of ether oxygens (including phenoxy) is 2. The molecule has 0 aliphatic carbocycles. The smallest absolute Gasteiger partial charge is 0.306 e. The van der Waals surface area contributed by atoms with Crippen LogP contribution in [0.4, 0.5) is 0 Å². The van der Waals surface area contributed by atoms with Gasteiger partial charge in [-0.05, 0) is 83.5 Å². The van der Waals surface area contributed by atoms with Crippen LogP contribution in [-0.4, -0.2) is 70.0 Å². The lowest BCUT2D eigenvalue weighted by Crippen LogP contribution is -2.37. The van der Waals surface area contributed by atoms with Gasteiger partial charge >= 0.3 is 11.9 Å². The van der Waals surface area contributed by atoms with Crippen molar-refractivity contribution in [1.82, 2.24) is 0 Å². The molecule has 9 nitrogen and oxygen atoms in total. The summed E-state index contributed by atoms with van der Waals surface area (Å²) < 4.78 is 34.3. The maximum absolute atomic E-state index is 12.8. The number of allylic oxidation sites excluding steroid dienone is 10. The summed E-state index contributed by atoms with van der Waals surface area (Å²) >= 11 is 0. The highest BCUT2D eigenvalue weighted by atomic mass is 31.2. The van der Waals surface area contributed by atoms with E-state index in [1.807, 2.05) is 21.1 Å². The quantitative estimate of drug-likeness (QED) is 0.0195. The zero-order valence-electron chi connectivity index (χ0n) is 51.9. The molecule has 0 saturated heterocycles. The molecule has 0 N–H and O–H groups in total. The fraction of sp³-hybridized carbons (Fsp3) is 0.824. The highest BCUT2D eigenvalue weighted by Gasteiger charge is 2.22. The van der Waals surface area contributed by atoms with Gasteiger partial charge in [-0.2, -0.15) is 0 Å². The van der Waals surface area contributed by atoms with Gasteiger partial charge in [-0.25, -0.2) is 0 Å². The lowest BCUT2D eigenvalue weighted by molar-refractivity contribution is -0.870. The minimum atomic E-state index is -4.64. The predicted molar refractivity (Wildman–Crippen MR) is 333 cm³/mol. The van der Waals surface area contributed by atoms with E-state index in [4.69, 9.17) is 18.5 Å². The van der Waals surface area contributed by atoms with Crippen molar-refractivity contribution in [2.24, 2.45) is 0 Å². The maximum atomic E-state index is 12.8. The number of unbranched alkanes of at least 4 members (excludes halogenated alkanes) is 37. The standard InChI is InChI=1S/C68H126NO8P/c1-6-8-10-12-14-16-18-20-22-24-26-28-30-32-33-34-35-37-39-41-43-45-47-49-51-53-55-57-59-61-68(71)77-66(65-76-78(72,73)75-63-62-69(3,4)5)64-74-67(70)60-58-56-54-52-50-48-46-44-42-40-38-36-31-29-27-25-23-21-19-17-15-13-11-9-7-2/h18-21,24-27,30,32,66H,6-17,22-23,28-29,31,33-65H2,1-5H3/b20-18-,21-19-,26-24-,27-25-,32-30-. The van der Waals surface area contributed by atoms with Gasteiger partial charge < -0.3 is 27.9 Å². The monoisotopic (exact) mass is 1120 g/mol. The molecule has 456 valence electrons. The topological polar surface area (TPSA) is 111 Å². The largest absolute Gasteiger partial charge is 0.756 e. The molecule has 0 radical (unpaired) electrons. The number of hydrogen-bond acceptors (Lipinski definition) is 8. The second-order valence-electron chi connectivity index (χ2n) is 23.5. The van der Waals surface area contributed by atoms with Crippen molar-refractivity contribution in [3.8, 4) is 0 Å². The minimum absolute atomic E-state index is 0.0314. The maximum Gasteiger partial charge on any atom is 0.306 e. The van der Waals surface area contributed by atoms with Crippen molar-refractivity contribution >= 4 is 19.8 Å². The summed E-state index contributed by atoms with van der Waals surface area (Å²) in [6.45, 7) is 4.26. The summed E-state index contributed by atoms with van der Waals surface area (Å²) in [5.41, 5.74) is 0. The lowest BCUT2D eigenvalue weighted by atomic mass is 10.0. The molecule has 78 heavy (non-hydrogen) atoms. The zero-order valence-corrected chi connectivity index (χ0v) is 52.8. The fourth-order valence-electron chi connectivity index (χ4n) is 9.40. The molecule has 0 amide bonds. The van der Waals surface area contributed by atoms with Gasteiger partial charge in [0.1, 0.15) is 19.8 Å². The summed E-state index contributed by atoms with van der Waals surface area (Å²) in [6.07, 6.45) is 77.1. The van der Waals surface area contributed by atoms with Crippen molar-refractivity contribution in [1.29, 1.82) is 0 Å². The van der Waals surface area contributed by atoms with E-state index >= 15 is 0 Å². The third-order valence-corrected chi connectivity index (χ3v) is 15.5. The Balaban J connectivity index is 4.08. The van der Waals surface area contributed by atoms with Gasteiger partial charge in [-0.1, -0.05) is 274 Å². The van der Waals surface area contributed by atoms with E-state index in [9.17, 15) is 19.0 Å². The number of nitrogens with zero attached hydrogens (tertiary/aromatic N) is 1. The number of phosphoric acid groups is 1. The number of rotatable bonds is 61. The number of hydrogen-bond donors (Lipinski definition) is 0. The molecule has 2 atom stereocenters. The Morgan fingerprint density at radius 3 is 1.03 bits per heavy atom. The van der Waals surface area contributed by atoms with Crippen molar-refractivity contribution in [2.75, 3.05) is 47.5 Å². The number of carbonyl (C=O) groups is 2. The van der Waals surface area contributed by atoms with Gasteiger partial charge in [0, 0.05) is 12.8 Å². The van der Waals surface area contributed by atoms with E-state index in [-0.39, 0.29) is 32.0 Å². The molecule has 0 spiro atoms. The van der Waals surface area contributed by atoms with Crippen molar-refractivity contribution < 1.29 is 42.1 Å². The molecular formula is C68H126NO8P. The summed E-state index contributed by atoms with van der Waals surface area (Å²) in [6, 6.07) is 0. The van der Waals surface area contributed by atoms with E-state index in [1.165, 1.54) is 218 Å². The highest BCUT2D eigenvalue weighted by molar-refractivity contribution is 7.45. The fourth-order valence-corrected chi connectivity index (χ4v) is 10.1. The van der Waals surface area contributed by atoms with Crippen LogP contribution in [0.2, 0.25) is 0 Å². The average molecular weight is 1120 g/mol. The molecule has 0 rings (SSSR count). The Labute approximate surface area is 483 Å². The minimum Gasteiger partial charge on any atom is -0.756 e. The van der Waals surface area contributed by atoms with Crippen molar-refractivity contribution in [3.63, 3.8) is 0 Å². The van der Waals surface area contributed by atoms with Crippen LogP contribution >= 0.6 is 7.82 Å². The van der Waals surface area contributed by atoms with Gasteiger partial charge in [0.05, 0.1) is 27.7 Å². The summed E-state index contributed by atoms with van der Waals surface area (Å²) in [7, 11) is 1.17.